The molecule has 1 saturated heterocycles. The minimum atomic E-state index is -3.07. The highest BCUT2D eigenvalue weighted by Gasteiger charge is 2.31. The first-order chi connectivity index (χ1) is 8.26. The second-order valence-corrected chi connectivity index (χ2v) is 8.76. The Morgan fingerprint density at radius 3 is 2.72 bits per heavy atom. The molecule has 1 fully saturated rings. The summed E-state index contributed by atoms with van der Waals surface area (Å²) in [5.41, 5.74) is -0.0506. The zero-order valence-electron chi connectivity index (χ0n) is 10.9. The molecule has 0 aliphatic carbocycles. The molecule has 6 heteroatoms. The molecule has 4 nitrogen and oxygen atoms in total. The van der Waals surface area contributed by atoms with Gasteiger partial charge in [-0.05, 0) is 32.4 Å². The summed E-state index contributed by atoms with van der Waals surface area (Å²) in [6.45, 7) is 5.59. The van der Waals surface area contributed by atoms with E-state index in [1.165, 1.54) is 17.6 Å². The molecule has 1 N–H and O–H groups in total. The molecular weight excluding hydrogens is 270 g/mol. The van der Waals surface area contributed by atoms with Gasteiger partial charge in [0.1, 0.15) is 4.21 Å². The van der Waals surface area contributed by atoms with E-state index in [2.05, 4.69) is 19.2 Å². The van der Waals surface area contributed by atoms with Crippen molar-refractivity contribution in [1.82, 2.24) is 5.32 Å². The zero-order valence-corrected chi connectivity index (χ0v) is 12.5. The third-order valence-electron chi connectivity index (χ3n) is 2.98. The maximum atomic E-state index is 11.4. The Hall–Kier alpha value is -0.430. The number of rotatable bonds is 4. The standard InChI is InChI=1S/C12H19NO3S2/c1-12(2)6-9(8-16-12)13-7-10-4-5-11(17-10)18(3,14)15/h4-5,9,13H,6-8H2,1-3H3. The molecule has 18 heavy (non-hydrogen) atoms. The summed E-state index contributed by atoms with van der Waals surface area (Å²) in [4.78, 5) is 1.04. The normalized spacial score (nSPS) is 23.4. The second kappa shape index (κ2) is 4.92. The van der Waals surface area contributed by atoms with Gasteiger partial charge in [0.2, 0.25) is 0 Å². The predicted octanol–water partition coefficient (Wildman–Crippen LogP) is 1.81. The molecule has 1 aliphatic rings. The van der Waals surface area contributed by atoms with Gasteiger partial charge >= 0.3 is 0 Å². The summed E-state index contributed by atoms with van der Waals surface area (Å²) in [7, 11) is -3.07. The zero-order chi connectivity index (χ0) is 13.4. The Bertz CT molecular complexity index is 519. The molecule has 0 amide bonds. The first-order valence-electron chi connectivity index (χ1n) is 5.92. The summed E-state index contributed by atoms with van der Waals surface area (Å²) >= 11 is 1.33. The Morgan fingerprint density at radius 2 is 2.22 bits per heavy atom. The molecule has 0 radical (unpaired) electrons. The third-order valence-corrected chi connectivity index (χ3v) is 5.89. The smallest absolute Gasteiger partial charge is 0.184 e. The first kappa shape index (κ1) is 14.0. The summed E-state index contributed by atoms with van der Waals surface area (Å²) in [5.74, 6) is 0. The van der Waals surface area contributed by atoms with Gasteiger partial charge in [0, 0.05) is 23.7 Å². The van der Waals surface area contributed by atoms with E-state index in [1.54, 1.807) is 6.07 Å². The molecule has 0 bridgehead atoms. The molecule has 1 aromatic rings. The topological polar surface area (TPSA) is 55.4 Å². The lowest BCUT2D eigenvalue weighted by atomic mass is 10.0. The minimum Gasteiger partial charge on any atom is -0.374 e. The molecule has 1 aromatic heterocycles. The fourth-order valence-electron chi connectivity index (χ4n) is 2.07. The van der Waals surface area contributed by atoms with Crippen molar-refractivity contribution < 1.29 is 13.2 Å². The highest BCUT2D eigenvalue weighted by molar-refractivity contribution is 7.92. The van der Waals surface area contributed by atoms with Crippen molar-refractivity contribution in [2.24, 2.45) is 0 Å². The number of hydrogen-bond acceptors (Lipinski definition) is 5. The number of hydrogen-bond donors (Lipinski definition) is 1. The van der Waals surface area contributed by atoms with Gasteiger partial charge in [-0.2, -0.15) is 0 Å². The van der Waals surface area contributed by atoms with Gasteiger partial charge in [0.15, 0.2) is 9.84 Å². The van der Waals surface area contributed by atoms with Crippen LogP contribution in [0.1, 0.15) is 25.1 Å². The summed E-state index contributed by atoms with van der Waals surface area (Å²) < 4.78 is 28.8. The van der Waals surface area contributed by atoms with Crippen molar-refractivity contribution in [1.29, 1.82) is 0 Å². The number of ether oxygens (including phenoxy) is 1. The molecule has 1 aliphatic heterocycles. The van der Waals surface area contributed by atoms with Gasteiger partial charge in [-0.1, -0.05) is 0 Å². The Morgan fingerprint density at radius 1 is 1.50 bits per heavy atom. The molecule has 2 rings (SSSR count). The highest BCUT2D eigenvalue weighted by atomic mass is 32.2. The fourth-order valence-corrected chi connectivity index (χ4v) is 3.99. The number of thiophene rings is 1. The molecule has 0 aromatic carbocycles. The Kier molecular flexibility index (Phi) is 3.82. The lowest BCUT2D eigenvalue weighted by Gasteiger charge is -2.15. The Labute approximate surface area is 112 Å². The maximum Gasteiger partial charge on any atom is 0.184 e. The maximum absolute atomic E-state index is 11.4. The largest absolute Gasteiger partial charge is 0.374 e. The van der Waals surface area contributed by atoms with Gasteiger partial charge in [-0.25, -0.2) is 8.42 Å². The first-order valence-corrected chi connectivity index (χ1v) is 8.63. The van der Waals surface area contributed by atoms with Crippen LogP contribution in [0.4, 0.5) is 0 Å². The van der Waals surface area contributed by atoms with E-state index in [9.17, 15) is 8.42 Å². The van der Waals surface area contributed by atoms with E-state index < -0.39 is 9.84 Å². The van der Waals surface area contributed by atoms with Crippen LogP contribution in [0.15, 0.2) is 16.3 Å². The summed E-state index contributed by atoms with van der Waals surface area (Å²) in [5, 5.41) is 3.41. The van der Waals surface area contributed by atoms with Crippen LogP contribution in [0.3, 0.4) is 0 Å². The highest BCUT2D eigenvalue weighted by Crippen LogP contribution is 2.25. The van der Waals surface area contributed by atoms with E-state index in [0.717, 1.165) is 17.9 Å². The molecule has 0 spiro atoms. The molecule has 102 valence electrons. The molecule has 1 atom stereocenters. The monoisotopic (exact) mass is 289 g/mol. The fraction of sp³-hybridized carbons (Fsp3) is 0.667. The van der Waals surface area contributed by atoms with Crippen LogP contribution in [0.25, 0.3) is 0 Å². The van der Waals surface area contributed by atoms with E-state index in [1.807, 2.05) is 6.07 Å². The van der Waals surface area contributed by atoms with Crippen molar-refractivity contribution in [2.75, 3.05) is 12.9 Å². The van der Waals surface area contributed by atoms with E-state index >= 15 is 0 Å². The summed E-state index contributed by atoms with van der Waals surface area (Å²) in [6, 6.07) is 3.89. The van der Waals surface area contributed by atoms with Crippen LogP contribution in [0, 0.1) is 0 Å². The van der Waals surface area contributed by atoms with Crippen LogP contribution in [-0.4, -0.2) is 32.9 Å². The SMILES string of the molecule is CC1(C)CC(NCc2ccc(S(C)(=O)=O)s2)CO1. The lowest BCUT2D eigenvalue weighted by molar-refractivity contribution is 0.0357. The van der Waals surface area contributed by atoms with Gasteiger partial charge < -0.3 is 10.1 Å². The van der Waals surface area contributed by atoms with Crippen molar-refractivity contribution in [3.63, 3.8) is 0 Å². The van der Waals surface area contributed by atoms with Crippen molar-refractivity contribution in [3.05, 3.63) is 17.0 Å². The van der Waals surface area contributed by atoms with Gasteiger partial charge in [-0.3, -0.25) is 0 Å². The van der Waals surface area contributed by atoms with Gasteiger partial charge in [0.05, 0.1) is 12.2 Å². The van der Waals surface area contributed by atoms with Crippen LogP contribution < -0.4 is 5.32 Å². The average molecular weight is 289 g/mol. The van der Waals surface area contributed by atoms with Gasteiger partial charge in [0.25, 0.3) is 0 Å². The quantitative estimate of drug-likeness (QED) is 0.918. The molecule has 1 unspecified atom stereocenters. The van der Waals surface area contributed by atoms with E-state index in [4.69, 9.17) is 4.74 Å². The van der Waals surface area contributed by atoms with Crippen molar-refractivity contribution in [3.8, 4) is 0 Å². The van der Waals surface area contributed by atoms with Crippen LogP contribution in [0.5, 0.6) is 0 Å². The lowest BCUT2D eigenvalue weighted by Crippen LogP contribution is -2.29. The molecule has 0 saturated carbocycles. The minimum absolute atomic E-state index is 0.0506. The second-order valence-electron chi connectivity index (χ2n) is 5.35. The van der Waals surface area contributed by atoms with Gasteiger partial charge in [-0.15, -0.1) is 11.3 Å². The van der Waals surface area contributed by atoms with Crippen molar-refractivity contribution >= 4 is 21.2 Å². The van der Waals surface area contributed by atoms with Crippen LogP contribution >= 0.6 is 11.3 Å². The third kappa shape index (κ3) is 3.54. The predicted molar refractivity (Wildman–Crippen MR) is 72.7 cm³/mol. The van der Waals surface area contributed by atoms with E-state index in [0.29, 0.717) is 16.8 Å². The van der Waals surface area contributed by atoms with E-state index in [-0.39, 0.29) is 5.60 Å². The molecule has 2 heterocycles. The summed E-state index contributed by atoms with van der Waals surface area (Å²) in [6.07, 6.45) is 2.22. The number of sulfone groups is 1. The number of nitrogens with one attached hydrogen (secondary N) is 1. The van der Waals surface area contributed by atoms with Crippen LogP contribution in [-0.2, 0) is 21.1 Å². The van der Waals surface area contributed by atoms with Crippen molar-refractivity contribution in [2.45, 2.75) is 42.7 Å². The Balaban J connectivity index is 1.90. The average Bonchev–Trinajstić information content (AvgIpc) is 2.80. The van der Waals surface area contributed by atoms with Crippen LogP contribution in [0.2, 0.25) is 0 Å². The molecular formula is C12H19NO3S2.